The molecule has 0 aromatic heterocycles. The van der Waals surface area contributed by atoms with Crippen molar-refractivity contribution in [2.45, 2.75) is 38.9 Å². The van der Waals surface area contributed by atoms with Gasteiger partial charge in [-0.15, -0.1) is 0 Å². The number of hydrogen-bond acceptors (Lipinski definition) is 6. The van der Waals surface area contributed by atoms with Crippen molar-refractivity contribution in [2.75, 3.05) is 16.4 Å². The Morgan fingerprint density at radius 2 is 1.12 bits per heavy atom. The topological polar surface area (TPSA) is 101 Å². The lowest BCUT2D eigenvalue weighted by Gasteiger charge is -2.59. The molecule has 5 aliphatic rings. The standard InChI is InChI=1S/C31H29BrN2O6/c1-6-40-29(39)20-17(4)31(32)23-21(25(35)33(27(23)37)18-11-7-15(2)8-12-18)30(20,5)22-24(31)28(38)34(26(22)36)19-13-9-16(3)10-14-19/h7-14,21-24H,6H2,1-5H3/t21-,22-,23-,24-,30?,31?/m1/s1. The van der Waals surface area contributed by atoms with Crippen molar-refractivity contribution >= 4 is 56.9 Å². The number of allylic oxidation sites excluding steroid dienone is 1. The summed E-state index contributed by atoms with van der Waals surface area (Å²) in [5.74, 6) is -6.67. The first-order valence-corrected chi connectivity index (χ1v) is 14.2. The highest BCUT2D eigenvalue weighted by molar-refractivity contribution is 9.10. The fourth-order valence-electron chi connectivity index (χ4n) is 7.63. The van der Waals surface area contributed by atoms with Crippen LogP contribution in [0.15, 0.2) is 59.7 Å². The maximum atomic E-state index is 14.3. The number of nitrogens with zero attached hydrogens (tertiary/aromatic N) is 2. The number of alkyl halides is 1. The molecule has 8 nitrogen and oxygen atoms in total. The molecule has 40 heavy (non-hydrogen) atoms. The minimum Gasteiger partial charge on any atom is -0.463 e. The van der Waals surface area contributed by atoms with Gasteiger partial charge in [-0.05, 0) is 57.5 Å². The van der Waals surface area contributed by atoms with Gasteiger partial charge in [-0.2, -0.15) is 0 Å². The Kier molecular flexibility index (Phi) is 5.79. The third-order valence-electron chi connectivity index (χ3n) is 9.36. The van der Waals surface area contributed by atoms with Crippen LogP contribution >= 0.6 is 15.9 Å². The molecule has 4 atom stereocenters. The summed E-state index contributed by atoms with van der Waals surface area (Å²) in [7, 11) is 0. The Morgan fingerprint density at radius 3 is 1.50 bits per heavy atom. The van der Waals surface area contributed by atoms with E-state index in [1.54, 1.807) is 45.0 Å². The maximum Gasteiger partial charge on any atom is 0.334 e. The third kappa shape index (κ3) is 3.09. The third-order valence-corrected chi connectivity index (χ3v) is 10.9. The summed E-state index contributed by atoms with van der Waals surface area (Å²) in [4.78, 5) is 72.8. The van der Waals surface area contributed by atoms with E-state index in [1.807, 2.05) is 38.1 Å². The zero-order chi connectivity index (χ0) is 28.9. The smallest absolute Gasteiger partial charge is 0.334 e. The summed E-state index contributed by atoms with van der Waals surface area (Å²) in [6.07, 6.45) is 0. The molecular formula is C31H29BrN2O6. The molecule has 2 heterocycles. The van der Waals surface area contributed by atoms with Gasteiger partial charge in [0.05, 0.1) is 46.0 Å². The molecule has 9 heteroatoms. The zero-order valence-corrected chi connectivity index (χ0v) is 24.4. The van der Waals surface area contributed by atoms with Gasteiger partial charge in [-0.1, -0.05) is 58.2 Å². The molecule has 3 fully saturated rings. The number of halogens is 1. The molecule has 4 amide bonds. The van der Waals surface area contributed by atoms with Crippen LogP contribution in [0.3, 0.4) is 0 Å². The molecule has 3 aliphatic carbocycles. The number of imide groups is 2. The number of carbonyl (C=O) groups excluding carboxylic acids is 5. The number of rotatable bonds is 4. The highest BCUT2D eigenvalue weighted by atomic mass is 79.9. The fourth-order valence-corrected chi connectivity index (χ4v) is 8.75. The van der Waals surface area contributed by atoms with Crippen molar-refractivity contribution in [2.24, 2.45) is 29.1 Å². The molecule has 0 unspecified atom stereocenters. The Bertz CT molecular complexity index is 1450. The number of amides is 4. The van der Waals surface area contributed by atoms with Crippen LogP contribution in [0.1, 0.15) is 31.9 Å². The minimum absolute atomic E-state index is 0.0912. The predicted molar refractivity (Wildman–Crippen MR) is 150 cm³/mol. The van der Waals surface area contributed by atoms with E-state index in [1.165, 1.54) is 0 Å². The van der Waals surface area contributed by atoms with Crippen molar-refractivity contribution in [3.63, 3.8) is 0 Å². The normalized spacial score (nSPS) is 32.6. The van der Waals surface area contributed by atoms with Crippen LogP contribution in [-0.2, 0) is 28.7 Å². The largest absolute Gasteiger partial charge is 0.463 e. The molecular weight excluding hydrogens is 576 g/mol. The number of hydrogen-bond donors (Lipinski definition) is 0. The first-order valence-electron chi connectivity index (χ1n) is 13.4. The summed E-state index contributed by atoms with van der Waals surface area (Å²) in [6.45, 7) is 8.96. The lowest BCUT2D eigenvalue weighted by atomic mass is 9.43. The van der Waals surface area contributed by atoms with Gasteiger partial charge >= 0.3 is 5.97 Å². The first kappa shape index (κ1) is 26.6. The highest BCUT2D eigenvalue weighted by Crippen LogP contribution is 2.72. The van der Waals surface area contributed by atoms with E-state index in [4.69, 9.17) is 4.74 Å². The SMILES string of the molecule is CCOC(=O)C1=C(C)C2(Br)[C@H]3C(=O)N(c4ccc(C)cc4)C(=O)[C@@H]3C1(C)[C@H]1C(=O)N(c3ccc(C)cc3)C(=O)[C@@H]12. The van der Waals surface area contributed by atoms with Gasteiger partial charge in [0.2, 0.25) is 23.6 Å². The fraction of sp³-hybridized carbons (Fsp3) is 0.387. The van der Waals surface area contributed by atoms with E-state index >= 15 is 0 Å². The van der Waals surface area contributed by atoms with Crippen LogP contribution in [0.25, 0.3) is 0 Å². The minimum atomic E-state index is -1.46. The maximum absolute atomic E-state index is 14.3. The number of aryl methyl sites for hydroxylation is 2. The number of anilines is 2. The molecule has 2 saturated heterocycles. The molecule has 1 saturated carbocycles. The van der Waals surface area contributed by atoms with Gasteiger partial charge < -0.3 is 4.74 Å². The average molecular weight is 605 g/mol. The Morgan fingerprint density at radius 1 is 0.750 bits per heavy atom. The lowest BCUT2D eigenvalue weighted by Crippen LogP contribution is -2.67. The monoisotopic (exact) mass is 604 g/mol. The summed E-state index contributed by atoms with van der Waals surface area (Å²) in [5.41, 5.74) is 1.94. The van der Waals surface area contributed by atoms with E-state index < -0.39 is 63.0 Å². The van der Waals surface area contributed by atoms with Gasteiger partial charge in [0.15, 0.2) is 0 Å². The molecule has 2 aromatic carbocycles. The van der Waals surface area contributed by atoms with Gasteiger partial charge in [0.1, 0.15) is 0 Å². The highest BCUT2D eigenvalue weighted by Gasteiger charge is 2.81. The van der Waals surface area contributed by atoms with Crippen molar-refractivity contribution in [3.8, 4) is 0 Å². The summed E-state index contributed by atoms with van der Waals surface area (Å²) >= 11 is 3.79. The van der Waals surface area contributed by atoms with Crippen LogP contribution < -0.4 is 9.80 Å². The zero-order valence-electron chi connectivity index (χ0n) is 22.9. The summed E-state index contributed by atoms with van der Waals surface area (Å²) in [5, 5.41) is 0. The Hall–Kier alpha value is -3.59. The van der Waals surface area contributed by atoms with Crippen LogP contribution in [0, 0.1) is 42.9 Å². The summed E-state index contributed by atoms with van der Waals surface area (Å²) in [6, 6.07) is 14.1. The van der Waals surface area contributed by atoms with Crippen LogP contribution in [0.2, 0.25) is 0 Å². The second kappa shape index (κ2) is 8.70. The molecule has 7 rings (SSSR count). The van der Waals surface area contributed by atoms with Crippen molar-refractivity contribution in [3.05, 3.63) is 70.8 Å². The Balaban J connectivity index is 1.58. The van der Waals surface area contributed by atoms with Crippen molar-refractivity contribution < 1.29 is 28.7 Å². The molecule has 2 aromatic rings. The first-order chi connectivity index (χ1) is 18.9. The van der Waals surface area contributed by atoms with Gasteiger partial charge in [-0.25, -0.2) is 14.6 Å². The lowest BCUT2D eigenvalue weighted by molar-refractivity contribution is -0.152. The summed E-state index contributed by atoms with van der Waals surface area (Å²) < 4.78 is 4.00. The number of esters is 1. The van der Waals surface area contributed by atoms with Crippen LogP contribution in [-0.4, -0.2) is 40.5 Å². The predicted octanol–water partition coefficient (Wildman–Crippen LogP) is 4.26. The number of carbonyl (C=O) groups is 5. The van der Waals surface area contributed by atoms with E-state index in [-0.39, 0.29) is 12.2 Å². The second-order valence-electron chi connectivity index (χ2n) is 11.4. The molecule has 2 bridgehead atoms. The van der Waals surface area contributed by atoms with Gasteiger partial charge in [0, 0.05) is 11.0 Å². The quantitative estimate of drug-likeness (QED) is 0.294. The second-order valence-corrected chi connectivity index (χ2v) is 12.7. The average Bonchev–Trinajstić information content (AvgIpc) is 3.34. The van der Waals surface area contributed by atoms with E-state index in [2.05, 4.69) is 15.9 Å². The van der Waals surface area contributed by atoms with E-state index in [9.17, 15) is 24.0 Å². The van der Waals surface area contributed by atoms with Crippen LogP contribution in [0.5, 0.6) is 0 Å². The molecule has 0 spiro atoms. The number of ether oxygens (including phenoxy) is 1. The number of benzene rings is 2. The molecule has 2 aliphatic heterocycles. The Labute approximate surface area is 240 Å². The molecule has 0 N–H and O–H groups in total. The van der Waals surface area contributed by atoms with Crippen LogP contribution in [0.4, 0.5) is 11.4 Å². The van der Waals surface area contributed by atoms with Crippen molar-refractivity contribution in [1.29, 1.82) is 0 Å². The van der Waals surface area contributed by atoms with E-state index in [0.29, 0.717) is 16.9 Å². The molecule has 206 valence electrons. The van der Waals surface area contributed by atoms with Gasteiger partial charge in [-0.3, -0.25) is 19.2 Å². The van der Waals surface area contributed by atoms with Crippen molar-refractivity contribution in [1.82, 2.24) is 0 Å². The molecule has 0 radical (unpaired) electrons. The van der Waals surface area contributed by atoms with E-state index in [0.717, 1.165) is 20.9 Å². The van der Waals surface area contributed by atoms with Gasteiger partial charge in [0.25, 0.3) is 0 Å².